The van der Waals surface area contributed by atoms with Crippen LogP contribution in [-0.4, -0.2) is 23.5 Å². The van der Waals surface area contributed by atoms with Crippen molar-refractivity contribution in [3.05, 3.63) is 30.1 Å². The number of nitrogens with zero attached hydrogens (tertiary/aromatic N) is 1. The smallest absolute Gasteiger partial charge is 0.224 e. The van der Waals surface area contributed by atoms with Crippen LogP contribution in [-0.2, 0) is 11.2 Å². The van der Waals surface area contributed by atoms with Crippen molar-refractivity contribution in [3.8, 4) is 0 Å². The Kier molecular flexibility index (Phi) is 11.0. The number of hydrogen-bond acceptors (Lipinski definition) is 3. The van der Waals surface area contributed by atoms with Crippen LogP contribution < -0.4 is 11.1 Å². The van der Waals surface area contributed by atoms with Gasteiger partial charge in [0.1, 0.15) is 0 Å². The van der Waals surface area contributed by atoms with Gasteiger partial charge in [-0.15, -0.1) is 24.8 Å². The van der Waals surface area contributed by atoms with Gasteiger partial charge in [0, 0.05) is 36.8 Å². The third kappa shape index (κ3) is 6.79. The molecule has 104 valence electrons. The summed E-state index contributed by atoms with van der Waals surface area (Å²) in [6.07, 6.45) is 2.50. The van der Waals surface area contributed by atoms with Crippen molar-refractivity contribution >= 4 is 30.7 Å². The van der Waals surface area contributed by atoms with E-state index in [9.17, 15) is 4.79 Å². The van der Waals surface area contributed by atoms with E-state index < -0.39 is 0 Å². The van der Waals surface area contributed by atoms with Crippen molar-refractivity contribution in [1.82, 2.24) is 10.3 Å². The van der Waals surface area contributed by atoms with Gasteiger partial charge in [-0.3, -0.25) is 9.78 Å². The van der Waals surface area contributed by atoms with Crippen LogP contribution in [0.15, 0.2) is 24.4 Å². The number of carbonyl (C=O) groups is 1. The Hall–Kier alpha value is -0.840. The molecule has 0 fully saturated rings. The number of pyridine rings is 1. The molecule has 0 radical (unpaired) electrons. The van der Waals surface area contributed by atoms with E-state index in [0.29, 0.717) is 6.54 Å². The fourth-order valence-corrected chi connectivity index (χ4v) is 1.26. The second kappa shape index (κ2) is 10.1. The highest BCUT2D eigenvalue weighted by Crippen LogP contribution is 1.99. The molecule has 3 N–H and O–H groups in total. The Labute approximate surface area is 121 Å². The minimum absolute atomic E-state index is 0. The minimum atomic E-state index is -0.149. The van der Waals surface area contributed by atoms with Gasteiger partial charge < -0.3 is 11.1 Å². The van der Waals surface area contributed by atoms with Crippen molar-refractivity contribution < 1.29 is 4.79 Å². The summed E-state index contributed by atoms with van der Waals surface area (Å²) >= 11 is 0. The molecular weight excluding hydrogens is 273 g/mol. The second-order valence-electron chi connectivity index (χ2n) is 4.01. The number of nitrogens with one attached hydrogen (secondary N) is 1. The molecule has 0 aliphatic carbocycles. The zero-order chi connectivity index (χ0) is 12.0. The van der Waals surface area contributed by atoms with E-state index in [4.69, 9.17) is 5.73 Å². The summed E-state index contributed by atoms with van der Waals surface area (Å²) < 4.78 is 0. The Morgan fingerprint density at radius 1 is 1.39 bits per heavy atom. The lowest BCUT2D eigenvalue weighted by molar-refractivity contribution is -0.124. The first-order valence-corrected chi connectivity index (χ1v) is 5.54. The standard InChI is InChI=1S/C12H19N3O.2ClH/c1-9(10(2)13)12(16)15-8-6-11-5-3-4-7-14-11;;/h3-5,7,9-10H,6,8,13H2,1-2H3,(H,15,16);2*1H. The first kappa shape index (κ1) is 19.5. The van der Waals surface area contributed by atoms with Gasteiger partial charge in [0.05, 0.1) is 0 Å². The van der Waals surface area contributed by atoms with Gasteiger partial charge in [-0.25, -0.2) is 0 Å². The van der Waals surface area contributed by atoms with E-state index in [1.807, 2.05) is 32.0 Å². The van der Waals surface area contributed by atoms with Gasteiger partial charge in [0.25, 0.3) is 0 Å². The Balaban J connectivity index is 0. The Bertz CT molecular complexity index is 333. The fraction of sp³-hybridized carbons (Fsp3) is 0.500. The van der Waals surface area contributed by atoms with Crippen LogP contribution in [0.2, 0.25) is 0 Å². The normalized spacial score (nSPS) is 12.6. The third-order valence-electron chi connectivity index (χ3n) is 2.61. The molecule has 2 atom stereocenters. The van der Waals surface area contributed by atoms with E-state index in [2.05, 4.69) is 10.3 Å². The van der Waals surface area contributed by atoms with Crippen LogP contribution >= 0.6 is 24.8 Å². The van der Waals surface area contributed by atoms with Crippen molar-refractivity contribution in [2.24, 2.45) is 11.7 Å². The SMILES string of the molecule is CC(N)C(C)C(=O)NCCc1ccccn1.Cl.Cl. The summed E-state index contributed by atoms with van der Waals surface area (Å²) in [6, 6.07) is 5.64. The molecular formula is C12H21Cl2N3O. The molecule has 1 amide bonds. The lowest BCUT2D eigenvalue weighted by Crippen LogP contribution is -2.39. The largest absolute Gasteiger partial charge is 0.355 e. The van der Waals surface area contributed by atoms with Gasteiger partial charge in [-0.1, -0.05) is 13.0 Å². The van der Waals surface area contributed by atoms with Crippen molar-refractivity contribution in [2.45, 2.75) is 26.3 Å². The zero-order valence-corrected chi connectivity index (χ0v) is 12.3. The number of rotatable bonds is 5. The third-order valence-corrected chi connectivity index (χ3v) is 2.61. The summed E-state index contributed by atoms with van der Waals surface area (Å²) in [6.45, 7) is 4.27. The highest BCUT2D eigenvalue weighted by atomic mass is 35.5. The number of hydrogen-bond donors (Lipinski definition) is 2. The molecule has 0 saturated heterocycles. The molecule has 4 nitrogen and oxygen atoms in total. The first-order valence-electron chi connectivity index (χ1n) is 5.54. The molecule has 1 aromatic rings. The van der Waals surface area contributed by atoms with Crippen LogP contribution in [0.3, 0.4) is 0 Å². The molecule has 18 heavy (non-hydrogen) atoms. The average Bonchev–Trinajstić information content (AvgIpc) is 2.29. The second-order valence-corrected chi connectivity index (χ2v) is 4.01. The van der Waals surface area contributed by atoms with Crippen LogP contribution in [0.25, 0.3) is 0 Å². The summed E-state index contributed by atoms with van der Waals surface area (Å²) in [5, 5.41) is 2.85. The maximum absolute atomic E-state index is 11.6. The molecule has 0 aromatic carbocycles. The van der Waals surface area contributed by atoms with Gasteiger partial charge in [0.2, 0.25) is 5.91 Å². The predicted octanol–water partition coefficient (Wildman–Crippen LogP) is 1.57. The molecule has 2 unspecified atom stereocenters. The first-order chi connectivity index (χ1) is 7.61. The maximum Gasteiger partial charge on any atom is 0.224 e. The van der Waals surface area contributed by atoms with Crippen molar-refractivity contribution in [2.75, 3.05) is 6.54 Å². The summed E-state index contributed by atoms with van der Waals surface area (Å²) in [5.41, 5.74) is 6.63. The van der Waals surface area contributed by atoms with E-state index in [1.54, 1.807) is 6.20 Å². The molecule has 0 bridgehead atoms. The highest BCUT2D eigenvalue weighted by molar-refractivity contribution is 5.85. The molecule has 0 spiro atoms. The lowest BCUT2D eigenvalue weighted by Gasteiger charge is -2.15. The Morgan fingerprint density at radius 3 is 2.56 bits per heavy atom. The van der Waals surface area contributed by atoms with Gasteiger partial charge in [-0.05, 0) is 19.1 Å². The number of carbonyl (C=O) groups excluding carboxylic acids is 1. The quantitative estimate of drug-likeness (QED) is 0.866. The van der Waals surface area contributed by atoms with Crippen LogP contribution in [0.5, 0.6) is 0 Å². The van der Waals surface area contributed by atoms with E-state index in [0.717, 1.165) is 12.1 Å². The zero-order valence-electron chi connectivity index (χ0n) is 10.6. The predicted molar refractivity (Wildman–Crippen MR) is 78.3 cm³/mol. The molecule has 1 heterocycles. The van der Waals surface area contributed by atoms with Crippen molar-refractivity contribution in [3.63, 3.8) is 0 Å². The van der Waals surface area contributed by atoms with Crippen LogP contribution in [0.4, 0.5) is 0 Å². The maximum atomic E-state index is 11.6. The minimum Gasteiger partial charge on any atom is -0.355 e. The van der Waals surface area contributed by atoms with E-state index in [1.165, 1.54) is 0 Å². The molecule has 6 heteroatoms. The van der Waals surface area contributed by atoms with Crippen LogP contribution in [0, 0.1) is 5.92 Å². The van der Waals surface area contributed by atoms with Gasteiger partial charge in [-0.2, -0.15) is 0 Å². The monoisotopic (exact) mass is 293 g/mol. The lowest BCUT2D eigenvalue weighted by atomic mass is 10.0. The summed E-state index contributed by atoms with van der Waals surface area (Å²) in [5.74, 6) is -0.144. The molecule has 0 aliphatic heterocycles. The molecule has 0 aliphatic rings. The molecule has 1 aromatic heterocycles. The van der Waals surface area contributed by atoms with Gasteiger partial charge >= 0.3 is 0 Å². The van der Waals surface area contributed by atoms with Gasteiger partial charge in [0.15, 0.2) is 0 Å². The number of nitrogens with two attached hydrogens (primary N) is 1. The molecule has 1 rings (SSSR count). The summed E-state index contributed by atoms with van der Waals surface area (Å²) in [7, 11) is 0. The molecule has 0 saturated carbocycles. The summed E-state index contributed by atoms with van der Waals surface area (Å²) in [4.78, 5) is 15.7. The van der Waals surface area contributed by atoms with E-state index in [-0.39, 0.29) is 42.7 Å². The fourth-order valence-electron chi connectivity index (χ4n) is 1.26. The highest BCUT2D eigenvalue weighted by Gasteiger charge is 2.15. The van der Waals surface area contributed by atoms with Crippen molar-refractivity contribution in [1.29, 1.82) is 0 Å². The Morgan fingerprint density at radius 2 is 2.06 bits per heavy atom. The van der Waals surface area contributed by atoms with E-state index >= 15 is 0 Å². The average molecular weight is 294 g/mol. The number of amides is 1. The number of aromatic nitrogens is 1. The topological polar surface area (TPSA) is 68.0 Å². The van der Waals surface area contributed by atoms with Crippen LogP contribution in [0.1, 0.15) is 19.5 Å². The number of halogens is 2.